The molecule has 3 heterocycles. The number of pyridine rings is 1. The number of fused-ring (bicyclic) bond motifs is 1. The second kappa shape index (κ2) is 4.27. The Balaban J connectivity index is 2.15. The van der Waals surface area contributed by atoms with Crippen LogP contribution in [0.4, 0.5) is 4.39 Å². The van der Waals surface area contributed by atoms with Crippen molar-refractivity contribution in [2.24, 2.45) is 0 Å². The van der Waals surface area contributed by atoms with Crippen LogP contribution in [-0.4, -0.2) is 32.1 Å². The van der Waals surface area contributed by atoms with E-state index in [2.05, 4.69) is 35.9 Å². The molecule has 0 unspecified atom stereocenters. The highest BCUT2D eigenvalue weighted by atomic mass is 19.1. The van der Waals surface area contributed by atoms with Crippen molar-refractivity contribution >= 4 is 5.65 Å². The van der Waals surface area contributed by atoms with E-state index in [1.54, 1.807) is 10.5 Å². The fourth-order valence-electron chi connectivity index (χ4n) is 3.28. The number of hydrogen-bond acceptors (Lipinski definition) is 3. The van der Waals surface area contributed by atoms with Crippen LogP contribution in [-0.2, 0) is 5.54 Å². The molecule has 0 bridgehead atoms. The molecular weight excluding hydrogens is 243 g/mol. The van der Waals surface area contributed by atoms with E-state index in [9.17, 15) is 4.39 Å². The van der Waals surface area contributed by atoms with Gasteiger partial charge in [0.2, 0.25) is 0 Å². The monoisotopic (exact) mass is 262 g/mol. The summed E-state index contributed by atoms with van der Waals surface area (Å²) in [6.07, 6.45) is 3.65. The van der Waals surface area contributed by atoms with Gasteiger partial charge in [0.05, 0.1) is 5.54 Å². The Labute approximate surface area is 112 Å². The largest absolute Gasteiger partial charge is 0.289 e. The second-order valence-electron chi connectivity index (χ2n) is 5.76. The minimum atomic E-state index is -0.258. The average Bonchev–Trinajstić information content (AvgIpc) is 2.92. The summed E-state index contributed by atoms with van der Waals surface area (Å²) in [5, 5.41) is 8.49. The maximum Gasteiger partial charge on any atom is 0.161 e. The molecule has 0 N–H and O–H groups in total. The first-order valence-corrected chi connectivity index (χ1v) is 6.80. The molecule has 0 radical (unpaired) electrons. The van der Waals surface area contributed by atoms with Crippen molar-refractivity contribution in [1.29, 1.82) is 0 Å². The second-order valence-corrected chi connectivity index (χ2v) is 5.76. The molecule has 3 rings (SSSR count). The molecule has 2 aromatic rings. The predicted octanol–water partition coefficient (Wildman–Crippen LogP) is 2.59. The molecule has 1 fully saturated rings. The third kappa shape index (κ3) is 1.84. The molecular formula is C14H19FN4. The zero-order valence-corrected chi connectivity index (χ0v) is 11.6. The van der Waals surface area contributed by atoms with Gasteiger partial charge in [0, 0.05) is 12.2 Å². The highest BCUT2D eigenvalue weighted by Gasteiger charge is 2.42. The van der Waals surface area contributed by atoms with Gasteiger partial charge in [-0.3, -0.25) is 9.30 Å². The molecule has 0 saturated carbocycles. The first kappa shape index (κ1) is 12.5. The van der Waals surface area contributed by atoms with Crippen LogP contribution in [0.1, 0.15) is 39.4 Å². The highest BCUT2D eigenvalue weighted by Crippen LogP contribution is 2.38. The van der Waals surface area contributed by atoms with Crippen molar-refractivity contribution in [2.75, 3.05) is 6.54 Å². The SMILES string of the molecule is CC(C)N1CCC[C@@]1(C)c1nnc2ccc(F)cn12. The van der Waals surface area contributed by atoms with Gasteiger partial charge in [-0.05, 0) is 52.3 Å². The number of hydrogen-bond donors (Lipinski definition) is 0. The fourth-order valence-corrected chi connectivity index (χ4v) is 3.28. The molecule has 0 aliphatic carbocycles. The van der Waals surface area contributed by atoms with Crippen molar-refractivity contribution in [3.8, 4) is 0 Å². The predicted molar refractivity (Wildman–Crippen MR) is 71.4 cm³/mol. The van der Waals surface area contributed by atoms with Gasteiger partial charge in [0.25, 0.3) is 0 Å². The molecule has 19 heavy (non-hydrogen) atoms. The van der Waals surface area contributed by atoms with Crippen LogP contribution in [0.25, 0.3) is 5.65 Å². The van der Waals surface area contributed by atoms with Gasteiger partial charge in [-0.25, -0.2) is 4.39 Å². The number of nitrogens with zero attached hydrogens (tertiary/aromatic N) is 4. The fraction of sp³-hybridized carbons (Fsp3) is 0.571. The average molecular weight is 262 g/mol. The van der Waals surface area contributed by atoms with Gasteiger partial charge in [0.15, 0.2) is 11.5 Å². The van der Waals surface area contributed by atoms with Crippen molar-refractivity contribution < 1.29 is 4.39 Å². The maximum atomic E-state index is 13.5. The molecule has 0 aromatic carbocycles. The van der Waals surface area contributed by atoms with E-state index < -0.39 is 0 Å². The Morgan fingerprint density at radius 1 is 1.32 bits per heavy atom. The molecule has 1 saturated heterocycles. The summed E-state index contributed by atoms with van der Waals surface area (Å²) in [7, 11) is 0. The van der Waals surface area contributed by atoms with Crippen LogP contribution < -0.4 is 0 Å². The molecule has 4 nitrogen and oxygen atoms in total. The van der Waals surface area contributed by atoms with Gasteiger partial charge in [-0.15, -0.1) is 10.2 Å². The van der Waals surface area contributed by atoms with E-state index in [-0.39, 0.29) is 11.4 Å². The van der Waals surface area contributed by atoms with Gasteiger partial charge in [-0.1, -0.05) is 0 Å². The molecule has 1 aliphatic rings. The van der Waals surface area contributed by atoms with Gasteiger partial charge in [-0.2, -0.15) is 0 Å². The van der Waals surface area contributed by atoms with Crippen LogP contribution in [0, 0.1) is 5.82 Å². The third-order valence-electron chi connectivity index (χ3n) is 4.17. The Kier molecular flexibility index (Phi) is 2.82. The molecule has 0 amide bonds. The standard InChI is InChI=1S/C14H19FN4/c1-10(2)19-8-4-7-14(19,3)13-17-16-12-6-5-11(15)9-18(12)13/h5-6,9-10H,4,7-8H2,1-3H3/t14-/m0/s1. The van der Waals surface area contributed by atoms with E-state index in [0.717, 1.165) is 25.2 Å². The summed E-state index contributed by atoms with van der Waals surface area (Å²) in [5.74, 6) is 0.583. The summed E-state index contributed by atoms with van der Waals surface area (Å²) >= 11 is 0. The minimum absolute atomic E-state index is 0.165. The first-order chi connectivity index (χ1) is 9.02. The summed E-state index contributed by atoms with van der Waals surface area (Å²) in [5.41, 5.74) is 0.537. The normalized spacial score (nSPS) is 24.7. The molecule has 2 aromatic heterocycles. The van der Waals surface area contributed by atoms with E-state index in [0.29, 0.717) is 11.7 Å². The lowest BCUT2D eigenvalue weighted by Crippen LogP contribution is -2.44. The Hall–Kier alpha value is -1.49. The molecule has 5 heteroatoms. The lowest BCUT2D eigenvalue weighted by Gasteiger charge is -2.36. The quantitative estimate of drug-likeness (QED) is 0.834. The lowest BCUT2D eigenvalue weighted by atomic mass is 9.96. The molecule has 102 valence electrons. The number of likely N-dealkylation sites (tertiary alicyclic amines) is 1. The van der Waals surface area contributed by atoms with Crippen molar-refractivity contribution in [3.63, 3.8) is 0 Å². The summed E-state index contributed by atoms with van der Waals surface area (Å²) in [6, 6.07) is 3.53. The van der Waals surface area contributed by atoms with Crippen LogP contribution in [0.5, 0.6) is 0 Å². The van der Waals surface area contributed by atoms with E-state index in [1.807, 2.05) is 0 Å². The number of halogens is 1. The van der Waals surface area contributed by atoms with Gasteiger partial charge in [0.1, 0.15) is 5.82 Å². The Bertz CT molecular complexity index is 607. The van der Waals surface area contributed by atoms with E-state index in [1.165, 1.54) is 12.3 Å². The van der Waals surface area contributed by atoms with E-state index in [4.69, 9.17) is 0 Å². The van der Waals surface area contributed by atoms with E-state index >= 15 is 0 Å². The number of aromatic nitrogens is 3. The Morgan fingerprint density at radius 2 is 2.11 bits per heavy atom. The highest BCUT2D eigenvalue weighted by molar-refractivity contribution is 5.39. The lowest BCUT2D eigenvalue weighted by molar-refractivity contribution is 0.108. The zero-order chi connectivity index (χ0) is 13.6. The third-order valence-corrected chi connectivity index (χ3v) is 4.17. The molecule has 0 spiro atoms. The molecule has 1 aliphatic heterocycles. The van der Waals surface area contributed by atoms with Crippen LogP contribution in [0.15, 0.2) is 18.3 Å². The van der Waals surface area contributed by atoms with Gasteiger partial charge < -0.3 is 0 Å². The van der Waals surface area contributed by atoms with Crippen LogP contribution >= 0.6 is 0 Å². The maximum absolute atomic E-state index is 13.5. The topological polar surface area (TPSA) is 33.4 Å². The van der Waals surface area contributed by atoms with Gasteiger partial charge >= 0.3 is 0 Å². The van der Waals surface area contributed by atoms with Crippen molar-refractivity contribution in [3.05, 3.63) is 30.0 Å². The van der Waals surface area contributed by atoms with Crippen molar-refractivity contribution in [1.82, 2.24) is 19.5 Å². The summed E-state index contributed by atoms with van der Waals surface area (Å²) < 4.78 is 15.3. The first-order valence-electron chi connectivity index (χ1n) is 6.80. The number of rotatable bonds is 2. The molecule has 1 atom stereocenters. The smallest absolute Gasteiger partial charge is 0.161 e. The minimum Gasteiger partial charge on any atom is -0.289 e. The van der Waals surface area contributed by atoms with Crippen LogP contribution in [0.2, 0.25) is 0 Å². The zero-order valence-electron chi connectivity index (χ0n) is 11.6. The van der Waals surface area contributed by atoms with Crippen LogP contribution in [0.3, 0.4) is 0 Å². The summed E-state index contributed by atoms with van der Waals surface area (Å²) in [6.45, 7) is 7.61. The summed E-state index contributed by atoms with van der Waals surface area (Å²) in [4.78, 5) is 2.42. The van der Waals surface area contributed by atoms with Crippen molar-refractivity contribution in [2.45, 2.75) is 45.2 Å². The Morgan fingerprint density at radius 3 is 2.84 bits per heavy atom.